The van der Waals surface area contributed by atoms with Crippen LogP contribution in [0.5, 0.6) is 5.75 Å². The Bertz CT molecular complexity index is 520. The molecule has 0 radical (unpaired) electrons. The van der Waals surface area contributed by atoms with Crippen molar-refractivity contribution in [3.8, 4) is 5.75 Å². The van der Waals surface area contributed by atoms with Crippen LogP contribution < -0.4 is 10.5 Å². The van der Waals surface area contributed by atoms with E-state index in [1.807, 2.05) is 0 Å². The topological polar surface area (TPSA) is 61.3 Å². The Morgan fingerprint density at radius 1 is 1.22 bits per heavy atom. The van der Waals surface area contributed by atoms with Crippen LogP contribution in [0, 0.1) is 0 Å². The van der Waals surface area contributed by atoms with E-state index in [1.54, 1.807) is 0 Å². The third-order valence-electron chi connectivity index (χ3n) is 2.14. The number of nitrogens with zero attached hydrogens (tertiary/aromatic N) is 1. The van der Waals surface area contributed by atoms with Crippen molar-refractivity contribution < 1.29 is 22.4 Å². The van der Waals surface area contributed by atoms with Crippen molar-refractivity contribution in [3.05, 3.63) is 41.7 Å². The van der Waals surface area contributed by atoms with E-state index in [9.17, 15) is 13.2 Å². The van der Waals surface area contributed by atoms with E-state index >= 15 is 0 Å². The van der Waals surface area contributed by atoms with E-state index in [0.29, 0.717) is 11.5 Å². The van der Waals surface area contributed by atoms with Gasteiger partial charge in [0.1, 0.15) is 12.4 Å². The predicted molar refractivity (Wildman–Crippen MR) is 56.7 cm³/mol. The number of nitrogen functional groups attached to an aromatic ring is 1. The molecule has 0 bridgehead atoms. The molecule has 0 aliphatic heterocycles. The normalized spacial score (nSPS) is 11.5. The molecule has 4 nitrogen and oxygen atoms in total. The summed E-state index contributed by atoms with van der Waals surface area (Å²) in [4.78, 5) is 0. The van der Waals surface area contributed by atoms with E-state index in [1.165, 1.54) is 18.2 Å². The van der Waals surface area contributed by atoms with Gasteiger partial charge in [-0.3, -0.25) is 0 Å². The van der Waals surface area contributed by atoms with Crippen LogP contribution in [0.25, 0.3) is 0 Å². The molecule has 7 heteroatoms. The maximum Gasteiger partial charge on any atom is 0.416 e. The van der Waals surface area contributed by atoms with Gasteiger partial charge in [-0.15, -0.1) is 0 Å². The van der Waals surface area contributed by atoms with Crippen molar-refractivity contribution in [1.29, 1.82) is 0 Å². The molecular weight excluding hydrogens is 249 g/mol. The number of benzene rings is 1. The SMILES string of the molecule is Nc1cc(COc2ccc(C(F)(F)F)cc2)on1. The van der Waals surface area contributed by atoms with Crippen molar-refractivity contribution in [2.75, 3.05) is 5.73 Å². The number of ether oxygens (including phenoxy) is 1. The molecule has 2 N–H and O–H groups in total. The molecule has 0 aliphatic rings. The molecule has 18 heavy (non-hydrogen) atoms. The van der Waals surface area contributed by atoms with Gasteiger partial charge in [-0.25, -0.2) is 0 Å². The Kier molecular flexibility index (Phi) is 3.14. The molecule has 0 amide bonds. The number of aromatic nitrogens is 1. The van der Waals surface area contributed by atoms with Gasteiger partial charge in [0.2, 0.25) is 0 Å². The molecule has 2 aromatic rings. The van der Waals surface area contributed by atoms with Crippen LogP contribution in [0.4, 0.5) is 19.0 Å². The van der Waals surface area contributed by atoms with Crippen molar-refractivity contribution in [2.24, 2.45) is 0 Å². The largest absolute Gasteiger partial charge is 0.486 e. The second kappa shape index (κ2) is 4.59. The average Bonchev–Trinajstić information content (AvgIpc) is 2.72. The van der Waals surface area contributed by atoms with Crippen LogP contribution in [-0.4, -0.2) is 5.16 Å². The lowest BCUT2D eigenvalue weighted by Gasteiger charge is -2.08. The summed E-state index contributed by atoms with van der Waals surface area (Å²) >= 11 is 0. The van der Waals surface area contributed by atoms with Gasteiger partial charge in [-0.2, -0.15) is 13.2 Å². The molecule has 0 unspecified atom stereocenters. The lowest BCUT2D eigenvalue weighted by molar-refractivity contribution is -0.137. The molecule has 0 saturated heterocycles. The first-order valence-electron chi connectivity index (χ1n) is 4.96. The predicted octanol–water partition coefficient (Wildman–Crippen LogP) is 2.85. The number of halogens is 3. The van der Waals surface area contributed by atoms with Gasteiger partial charge < -0.3 is 15.0 Å². The molecule has 0 aliphatic carbocycles. The third kappa shape index (κ3) is 2.93. The Morgan fingerprint density at radius 2 is 1.89 bits per heavy atom. The molecule has 2 rings (SSSR count). The number of alkyl halides is 3. The summed E-state index contributed by atoms with van der Waals surface area (Å²) in [5.41, 5.74) is 4.61. The van der Waals surface area contributed by atoms with Crippen molar-refractivity contribution >= 4 is 5.82 Å². The zero-order valence-corrected chi connectivity index (χ0v) is 9.07. The zero-order valence-electron chi connectivity index (χ0n) is 9.07. The Hall–Kier alpha value is -2.18. The Morgan fingerprint density at radius 3 is 2.39 bits per heavy atom. The van der Waals surface area contributed by atoms with Gasteiger partial charge in [-0.05, 0) is 24.3 Å². The number of anilines is 1. The van der Waals surface area contributed by atoms with Crippen LogP contribution in [0.15, 0.2) is 34.9 Å². The van der Waals surface area contributed by atoms with Crippen LogP contribution in [0.3, 0.4) is 0 Å². The zero-order chi connectivity index (χ0) is 13.2. The highest BCUT2D eigenvalue weighted by molar-refractivity contribution is 5.29. The van der Waals surface area contributed by atoms with Crippen LogP contribution in [0.2, 0.25) is 0 Å². The third-order valence-corrected chi connectivity index (χ3v) is 2.14. The molecule has 0 saturated carbocycles. The maximum atomic E-state index is 12.3. The van der Waals surface area contributed by atoms with Gasteiger partial charge in [0.25, 0.3) is 0 Å². The van der Waals surface area contributed by atoms with E-state index in [2.05, 4.69) is 5.16 Å². The molecule has 0 fully saturated rings. The van der Waals surface area contributed by atoms with Gasteiger partial charge >= 0.3 is 6.18 Å². The molecule has 0 atom stereocenters. The number of nitrogens with two attached hydrogens (primary N) is 1. The summed E-state index contributed by atoms with van der Waals surface area (Å²) in [7, 11) is 0. The fourth-order valence-electron chi connectivity index (χ4n) is 1.29. The molecule has 1 aromatic carbocycles. The molecule has 1 heterocycles. The average molecular weight is 258 g/mol. The smallest absolute Gasteiger partial charge is 0.416 e. The first-order chi connectivity index (χ1) is 8.45. The summed E-state index contributed by atoms with van der Waals surface area (Å²) in [6, 6.07) is 5.85. The summed E-state index contributed by atoms with van der Waals surface area (Å²) in [5, 5.41) is 3.45. The van der Waals surface area contributed by atoms with Crippen LogP contribution in [0.1, 0.15) is 11.3 Å². The monoisotopic (exact) mass is 258 g/mol. The number of hydrogen-bond donors (Lipinski definition) is 1. The summed E-state index contributed by atoms with van der Waals surface area (Å²) in [5.74, 6) is 0.923. The maximum absolute atomic E-state index is 12.3. The molecular formula is C11H9F3N2O2. The lowest BCUT2D eigenvalue weighted by Crippen LogP contribution is -2.04. The van der Waals surface area contributed by atoms with Gasteiger partial charge in [0, 0.05) is 6.07 Å². The standard InChI is InChI=1S/C11H9F3N2O2/c12-11(13,14)7-1-3-8(4-2-7)17-6-9-5-10(15)16-18-9/h1-5H,6H2,(H2,15,16). The van der Waals surface area contributed by atoms with Crippen molar-refractivity contribution in [3.63, 3.8) is 0 Å². The lowest BCUT2D eigenvalue weighted by atomic mass is 10.2. The summed E-state index contributed by atoms with van der Waals surface area (Å²) in [6.45, 7) is 0.0512. The van der Waals surface area contributed by atoms with E-state index < -0.39 is 11.7 Å². The quantitative estimate of drug-likeness (QED) is 0.919. The van der Waals surface area contributed by atoms with Crippen molar-refractivity contribution in [2.45, 2.75) is 12.8 Å². The van der Waals surface area contributed by atoms with Crippen LogP contribution >= 0.6 is 0 Å². The minimum absolute atomic E-state index is 0.0512. The number of hydrogen-bond acceptors (Lipinski definition) is 4. The second-order valence-electron chi connectivity index (χ2n) is 3.53. The minimum Gasteiger partial charge on any atom is -0.486 e. The molecule has 1 aromatic heterocycles. The Balaban J connectivity index is 1.98. The highest BCUT2D eigenvalue weighted by atomic mass is 19.4. The summed E-state index contributed by atoms with van der Waals surface area (Å²) < 4.78 is 46.9. The second-order valence-corrected chi connectivity index (χ2v) is 3.53. The van der Waals surface area contributed by atoms with Crippen LogP contribution in [-0.2, 0) is 12.8 Å². The van der Waals surface area contributed by atoms with Gasteiger partial charge in [0.05, 0.1) is 5.56 Å². The van der Waals surface area contributed by atoms with Gasteiger partial charge in [-0.1, -0.05) is 5.16 Å². The minimum atomic E-state index is -4.35. The molecule has 96 valence electrons. The Labute approximate surface area is 100 Å². The molecule has 0 spiro atoms. The fourth-order valence-corrected chi connectivity index (χ4v) is 1.29. The van der Waals surface area contributed by atoms with E-state index in [4.69, 9.17) is 15.0 Å². The summed E-state index contributed by atoms with van der Waals surface area (Å²) in [6.07, 6.45) is -4.35. The van der Waals surface area contributed by atoms with E-state index in [0.717, 1.165) is 12.1 Å². The highest BCUT2D eigenvalue weighted by Crippen LogP contribution is 2.30. The highest BCUT2D eigenvalue weighted by Gasteiger charge is 2.29. The van der Waals surface area contributed by atoms with Crippen molar-refractivity contribution in [1.82, 2.24) is 5.16 Å². The number of rotatable bonds is 3. The fraction of sp³-hybridized carbons (Fsp3) is 0.182. The first-order valence-corrected chi connectivity index (χ1v) is 4.96. The van der Waals surface area contributed by atoms with E-state index in [-0.39, 0.29) is 12.4 Å². The van der Waals surface area contributed by atoms with Gasteiger partial charge in [0.15, 0.2) is 11.6 Å². The first kappa shape index (κ1) is 12.3.